The van der Waals surface area contributed by atoms with Crippen LogP contribution < -0.4 is 5.32 Å². The van der Waals surface area contributed by atoms with Crippen molar-refractivity contribution in [2.45, 2.75) is 18.9 Å². The van der Waals surface area contributed by atoms with E-state index in [4.69, 9.17) is 0 Å². The zero-order chi connectivity index (χ0) is 16.5. The Kier molecular flexibility index (Phi) is 6.75. The van der Waals surface area contributed by atoms with Crippen molar-refractivity contribution in [1.29, 1.82) is 0 Å². The maximum atomic E-state index is 12.1. The maximum Gasteiger partial charge on any atom is 0.328 e. The Hall–Kier alpha value is -2.70. The first-order chi connectivity index (χ1) is 10.5. The topological polar surface area (TPSA) is 98.8 Å². The van der Waals surface area contributed by atoms with Crippen LogP contribution in [0.25, 0.3) is 0 Å². The minimum atomic E-state index is -0.975. The standard InChI is InChI=1S/C15H17NO6/c1-21-13(18)7-6-12(15(20)22-2)16-14(19)11-5-3-4-10(8-11)9-17/h3-5,8-9,12H,6-7H2,1-2H3,(H,16,19)/t12-/m1/s1. The van der Waals surface area contributed by atoms with E-state index in [2.05, 4.69) is 14.8 Å². The van der Waals surface area contributed by atoms with Crippen LogP contribution in [0.4, 0.5) is 0 Å². The maximum absolute atomic E-state index is 12.1. The van der Waals surface area contributed by atoms with Crippen molar-refractivity contribution in [3.05, 3.63) is 35.4 Å². The van der Waals surface area contributed by atoms with Crippen molar-refractivity contribution in [3.8, 4) is 0 Å². The Labute approximate surface area is 127 Å². The number of esters is 2. The molecule has 118 valence electrons. The van der Waals surface area contributed by atoms with Crippen LogP contribution >= 0.6 is 0 Å². The third kappa shape index (κ3) is 5.01. The number of hydrogen-bond donors (Lipinski definition) is 1. The lowest BCUT2D eigenvalue weighted by Crippen LogP contribution is -2.41. The van der Waals surface area contributed by atoms with Crippen molar-refractivity contribution in [2.24, 2.45) is 0 Å². The highest BCUT2D eigenvalue weighted by Crippen LogP contribution is 2.06. The molecule has 0 saturated carbocycles. The van der Waals surface area contributed by atoms with Gasteiger partial charge in [-0.3, -0.25) is 14.4 Å². The summed E-state index contributed by atoms with van der Waals surface area (Å²) in [6.45, 7) is 0. The van der Waals surface area contributed by atoms with Crippen molar-refractivity contribution in [2.75, 3.05) is 14.2 Å². The second kappa shape index (κ2) is 8.56. The number of aldehydes is 1. The molecule has 0 aliphatic carbocycles. The van der Waals surface area contributed by atoms with Gasteiger partial charge in [0.05, 0.1) is 14.2 Å². The van der Waals surface area contributed by atoms with Gasteiger partial charge in [0.25, 0.3) is 5.91 Å². The number of nitrogens with one attached hydrogen (secondary N) is 1. The molecule has 1 rings (SSSR count). The first-order valence-electron chi connectivity index (χ1n) is 6.52. The van der Waals surface area contributed by atoms with Crippen LogP contribution in [-0.4, -0.2) is 44.4 Å². The molecule has 0 bridgehead atoms. The van der Waals surface area contributed by atoms with Crippen LogP contribution in [0.15, 0.2) is 24.3 Å². The molecule has 7 heteroatoms. The largest absolute Gasteiger partial charge is 0.469 e. The van der Waals surface area contributed by atoms with Gasteiger partial charge in [0.2, 0.25) is 0 Å². The van der Waals surface area contributed by atoms with Crippen LogP contribution in [0.2, 0.25) is 0 Å². The van der Waals surface area contributed by atoms with Crippen molar-refractivity contribution in [3.63, 3.8) is 0 Å². The summed E-state index contributed by atoms with van der Waals surface area (Å²) in [7, 11) is 2.42. The SMILES string of the molecule is COC(=O)CC[C@@H](NC(=O)c1cccc(C=O)c1)C(=O)OC. The molecule has 0 aliphatic rings. The van der Waals surface area contributed by atoms with E-state index >= 15 is 0 Å². The molecule has 1 atom stereocenters. The highest BCUT2D eigenvalue weighted by molar-refractivity contribution is 5.98. The predicted octanol–water partition coefficient (Wildman–Crippen LogP) is 0.724. The van der Waals surface area contributed by atoms with Crippen molar-refractivity contribution in [1.82, 2.24) is 5.32 Å². The first kappa shape index (κ1) is 17.4. The van der Waals surface area contributed by atoms with E-state index in [-0.39, 0.29) is 18.4 Å². The van der Waals surface area contributed by atoms with Crippen molar-refractivity contribution >= 4 is 24.1 Å². The minimum absolute atomic E-state index is 0.0368. The summed E-state index contributed by atoms with van der Waals surface area (Å²) >= 11 is 0. The number of carbonyl (C=O) groups excluding carboxylic acids is 4. The van der Waals surface area contributed by atoms with Gasteiger partial charge in [-0.2, -0.15) is 0 Å². The van der Waals surface area contributed by atoms with Crippen LogP contribution in [-0.2, 0) is 19.1 Å². The number of ether oxygens (including phenoxy) is 2. The molecular weight excluding hydrogens is 290 g/mol. The Morgan fingerprint density at radius 3 is 2.55 bits per heavy atom. The van der Waals surface area contributed by atoms with E-state index in [1.807, 2.05) is 0 Å². The summed E-state index contributed by atoms with van der Waals surface area (Å²) < 4.78 is 9.09. The molecule has 0 aliphatic heterocycles. The minimum Gasteiger partial charge on any atom is -0.469 e. The summed E-state index contributed by atoms with van der Waals surface area (Å²) in [5.74, 6) is -1.70. The van der Waals surface area contributed by atoms with Gasteiger partial charge >= 0.3 is 11.9 Å². The van der Waals surface area contributed by atoms with Gasteiger partial charge in [-0.1, -0.05) is 12.1 Å². The molecule has 0 radical (unpaired) electrons. The Bertz CT molecular complexity index is 569. The highest BCUT2D eigenvalue weighted by Gasteiger charge is 2.23. The van der Waals surface area contributed by atoms with E-state index in [1.54, 1.807) is 12.1 Å². The van der Waals surface area contributed by atoms with Gasteiger partial charge in [0, 0.05) is 17.5 Å². The number of methoxy groups -OCH3 is 2. The third-order valence-corrected chi connectivity index (χ3v) is 2.94. The van der Waals surface area contributed by atoms with E-state index < -0.39 is 23.9 Å². The van der Waals surface area contributed by atoms with Gasteiger partial charge < -0.3 is 14.8 Å². The molecule has 0 unspecified atom stereocenters. The lowest BCUT2D eigenvalue weighted by molar-refractivity contribution is -0.144. The quantitative estimate of drug-likeness (QED) is 0.589. The smallest absolute Gasteiger partial charge is 0.328 e. The molecule has 1 aromatic carbocycles. The van der Waals surface area contributed by atoms with Crippen molar-refractivity contribution < 1.29 is 28.7 Å². The van der Waals surface area contributed by atoms with Gasteiger partial charge in [0.15, 0.2) is 0 Å². The number of rotatable bonds is 7. The molecule has 0 saturated heterocycles. The van der Waals surface area contributed by atoms with Gasteiger partial charge in [-0.05, 0) is 18.6 Å². The third-order valence-electron chi connectivity index (χ3n) is 2.94. The average Bonchev–Trinajstić information content (AvgIpc) is 2.57. The fraction of sp³-hybridized carbons (Fsp3) is 0.333. The van der Waals surface area contributed by atoms with Crippen LogP contribution in [0.1, 0.15) is 33.6 Å². The summed E-state index contributed by atoms with van der Waals surface area (Å²) in [6.07, 6.45) is 0.634. The summed E-state index contributed by atoms with van der Waals surface area (Å²) in [5.41, 5.74) is 0.577. The fourth-order valence-corrected chi connectivity index (χ4v) is 1.75. The molecule has 22 heavy (non-hydrogen) atoms. The van der Waals surface area contributed by atoms with E-state index in [9.17, 15) is 19.2 Å². The first-order valence-corrected chi connectivity index (χ1v) is 6.52. The number of hydrogen-bond acceptors (Lipinski definition) is 6. The second-order valence-electron chi connectivity index (χ2n) is 4.41. The Morgan fingerprint density at radius 2 is 1.95 bits per heavy atom. The molecule has 1 N–H and O–H groups in total. The lowest BCUT2D eigenvalue weighted by Gasteiger charge is -2.16. The zero-order valence-corrected chi connectivity index (χ0v) is 12.3. The zero-order valence-electron chi connectivity index (χ0n) is 12.3. The van der Waals surface area contributed by atoms with Gasteiger partial charge in [-0.15, -0.1) is 0 Å². The summed E-state index contributed by atoms with van der Waals surface area (Å²) in [5, 5.41) is 2.48. The molecular formula is C15H17NO6. The molecule has 1 amide bonds. The monoisotopic (exact) mass is 307 g/mol. The molecule has 7 nitrogen and oxygen atoms in total. The molecule has 0 aromatic heterocycles. The Balaban J connectivity index is 2.79. The summed E-state index contributed by atoms with van der Waals surface area (Å²) in [4.78, 5) is 45.6. The molecule has 0 heterocycles. The van der Waals surface area contributed by atoms with E-state index in [0.29, 0.717) is 11.8 Å². The lowest BCUT2D eigenvalue weighted by atomic mass is 10.1. The van der Waals surface area contributed by atoms with Crippen LogP contribution in [0.3, 0.4) is 0 Å². The number of benzene rings is 1. The Morgan fingerprint density at radius 1 is 1.23 bits per heavy atom. The fourth-order valence-electron chi connectivity index (χ4n) is 1.75. The number of carbonyl (C=O) groups is 4. The summed E-state index contributed by atoms with van der Waals surface area (Å²) in [6, 6.07) is 5.05. The van der Waals surface area contributed by atoms with Crippen LogP contribution in [0, 0.1) is 0 Å². The second-order valence-corrected chi connectivity index (χ2v) is 4.41. The normalized spacial score (nSPS) is 11.2. The van der Waals surface area contributed by atoms with E-state index in [0.717, 1.165) is 0 Å². The van der Waals surface area contributed by atoms with Gasteiger partial charge in [-0.25, -0.2) is 4.79 Å². The van der Waals surface area contributed by atoms with Crippen LogP contribution in [0.5, 0.6) is 0 Å². The molecule has 1 aromatic rings. The average molecular weight is 307 g/mol. The van der Waals surface area contributed by atoms with Gasteiger partial charge in [0.1, 0.15) is 12.3 Å². The molecule has 0 spiro atoms. The highest BCUT2D eigenvalue weighted by atomic mass is 16.5. The molecule has 0 fully saturated rings. The van der Waals surface area contributed by atoms with E-state index in [1.165, 1.54) is 26.4 Å². The number of amides is 1. The predicted molar refractivity (Wildman–Crippen MR) is 76.3 cm³/mol.